The van der Waals surface area contributed by atoms with Crippen molar-refractivity contribution < 1.29 is 4.79 Å². The standard InChI is InChI=1S/C16H16N4O/c21-16(20-13-9-17-11-18-10-13)7-3-4-12-8-19-15-6-2-1-5-14(12)15/h1-2,5-6,8-11,19H,3-4,7H2,(H,20,21). The maximum absolute atomic E-state index is 11.8. The topological polar surface area (TPSA) is 70.7 Å². The first-order chi connectivity index (χ1) is 10.3. The second kappa shape index (κ2) is 6.17. The van der Waals surface area contributed by atoms with Gasteiger partial charge >= 0.3 is 0 Å². The van der Waals surface area contributed by atoms with Crippen LogP contribution in [0.15, 0.2) is 49.2 Å². The minimum Gasteiger partial charge on any atom is -0.361 e. The smallest absolute Gasteiger partial charge is 0.224 e. The summed E-state index contributed by atoms with van der Waals surface area (Å²) in [5, 5.41) is 4.02. The number of H-pyrrole nitrogens is 1. The minimum atomic E-state index is -0.00959. The molecule has 0 atom stereocenters. The van der Waals surface area contributed by atoms with Gasteiger partial charge in [-0.05, 0) is 24.5 Å². The number of hydrogen-bond acceptors (Lipinski definition) is 3. The largest absolute Gasteiger partial charge is 0.361 e. The number of aromatic amines is 1. The molecule has 3 rings (SSSR count). The van der Waals surface area contributed by atoms with Crippen LogP contribution in [0.3, 0.4) is 0 Å². The lowest BCUT2D eigenvalue weighted by Gasteiger charge is -2.03. The van der Waals surface area contributed by atoms with Crippen molar-refractivity contribution in [1.29, 1.82) is 0 Å². The van der Waals surface area contributed by atoms with E-state index >= 15 is 0 Å². The molecule has 0 spiro atoms. The molecule has 0 saturated carbocycles. The highest BCUT2D eigenvalue weighted by Crippen LogP contribution is 2.19. The maximum Gasteiger partial charge on any atom is 0.224 e. The first-order valence-corrected chi connectivity index (χ1v) is 6.93. The van der Waals surface area contributed by atoms with Crippen LogP contribution in [-0.2, 0) is 11.2 Å². The van der Waals surface area contributed by atoms with Crippen LogP contribution in [0.1, 0.15) is 18.4 Å². The van der Waals surface area contributed by atoms with Crippen molar-refractivity contribution >= 4 is 22.5 Å². The number of nitrogens with one attached hydrogen (secondary N) is 2. The molecule has 0 radical (unpaired) electrons. The SMILES string of the molecule is O=C(CCCc1c[nH]c2ccccc12)Nc1cncnc1. The molecular weight excluding hydrogens is 264 g/mol. The molecule has 0 fully saturated rings. The number of aryl methyl sites for hydroxylation is 1. The van der Waals surface area contributed by atoms with E-state index in [1.165, 1.54) is 17.3 Å². The summed E-state index contributed by atoms with van der Waals surface area (Å²) in [4.78, 5) is 22.8. The van der Waals surface area contributed by atoms with Crippen molar-refractivity contribution in [2.24, 2.45) is 0 Å². The number of carbonyl (C=O) groups excluding carboxylic acids is 1. The van der Waals surface area contributed by atoms with E-state index in [0.717, 1.165) is 18.4 Å². The highest BCUT2D eigenvalue weighted by atomic mass is 16.1. The predicted octanol–water partition coefficient (Wildman–Crippen LogP) is 2.92. The molecule has 0 aliphatic rings. The van der Waals surface area contributed by atoms with Crippen molar-refractivity contribution in [3.8, 4) is 0 Å². The van der Waals surface area contributed by atoms with Crippen LogP contribution >= 0.6 is 0 Å². The number of rotatable bonds is 5. The summed E-state index contributed by atoms with van der Waals surface area (Å²) in [7, 11) is 0. The molecule has 2 heterocycles. The van der Waals surface area contributed by atoms with Gasteiger partial charge in [-0.25, -0.2) is 9.97 Å². The maximum atomic E-state index is 11.8. The van der Waals surface area contributed by atoms with E-state index in [2.05, 4.69) is 32.4 Å². The number of para-hydroxylation sites is 1. The van der Waals surface area contributed by atoms with Gasteiger partial charge in [0.2, 0.25) is 5.91 Å². The fraction of sp³-hybridized carbons (Fsp3) is 0.188. The molecule has 3 aromatic rings. The fourth-order valence-electron chi connectivity index (χ4n) is 2.36. The van der Waals surface area contributed by atoms with Crippen molar-refractivity contribution in [2.45, 2.75) is 19.3 Å². The first-order valence-electron chi connectivity index (χ1n) is 6.93. The van der Waals surface area contributed by atoms with Crippen LogP contribution in [0.2, 0.25) is 0 Å². The van der Waals surface area contributed by atoms with Gasteiger partial charge in [0, 0.05) is 23.5 Å². The van der Waals surface area contributed by atoms with Crippen LogP contribution in [-0.4, -0.2) is 20.9 Å². The lowest BCUT2D eigenvalue weighted by atomic mass is 10.1. The molecule has 1 amide bonds. The molecule has 0 bridgehead atoms. The van der Waals surface area contributed by atoms with E-state index in [9.17, 15) is 4.79 Å². The Kier molecular flexibility index (Phi) is 3.91. The third-order valence-electron chi connectivity index (χ3n) is 3.37. The molecule has 21 heavy (non-hydrogen) atoms. The van der Waals surface area contributed by atoms with Gasteiger partial charge in [0.15, 0.2) is 0 Å². The summed E-state index contributed by atoms with van der Waals surface area (Å²) in [6.45, 7) is 0. The average molecular weight is 280 g/mol. The Balaban J connectivity index is 1.53. The summed E-state index contributed by atoms with van der Waals surface area (Å²) >= 11 is 0. The van der Waals surface area contributed by atoms with E-state index in [4.69, 9.17) is 0 Å². The summed E-state index contributed by atoms with van der Waals surface area (Å²) in [5.74, 6) is -0.00959. The molecular formula is C16H16N4O. The molecule has 5 heteroatoms. The summed E-state index contributed by atoms with van der Waals surface area (Å²) in [6, 6.07) is 8.20. The van der Waals surface area contributed by atoms with Crippen LogP contribution in [0.4, 0.5) is 5.69 Å². The predicted molar refractivity (Wildman–Crippen MR) is 81.9 cm³/mol. The van der Waals surface area contributed by atoms with Gasteiger partial charge in [0.1, 0.15) is 6.33 Å². The zero-order chi connectivity index (χ0) is 14.5. The van der Waals surface area contributed by atoms with Gasteiger partial charge < -0.3 is 10.3 Å². The van der Waals surface area contributed by atoms with Crippen LogP contribution in [0.25, 0.3) is 10.9 Å². The van der Waals surface area contributed by atoms with Crippen LogP contribution < -0.4 is 5.32 Å². The number of fused-ring (bicyclic) bond motifs is 1. The zero-order valence-corrected chi connectivity index (χ0v) is 11.5. The second-order valence-corrected chi connectivity index (χ2v) is 4.89. The number of anilines is 1. The Morgan fingerprint density at radius 3 is 2.86 bits per heavy atom. The number of amides is 1. The molecule has 0 saturated heterocycles. The molecule has 0 aliphatic carbocycles. The molecule has 2 aromatic heterocycles. The summed E-state index contributed by atoms with van der Waals surface area (Å²) in [5.41, 5.74) is 3.02. The van der Waals surface area contributed by atoms with Crippen molar-refractivity contribution in [3.63, 3.8) is 0 Å². The van der Waals surface area contributed by atoms with Crippen LogP contribution in [0, 0.1) is 0 Å². The highest BCUT2D eigenvalue weighted by Gasteiger charge is 2.06. The lowest BCUT2D eigenvalue weighted by molar-refractivity contribution is -0.116. The van der Waals surface area contributed by atoms with Gasteiger partial charge in [-0.2, -0.15) is 0 Å². The number of benzene rings is 1. The third kappa shape index (κ3) is 3.25. The Labute approximate surface area is 122 Å². The van der Waals surface area contributed by atoms with Gasteiger partial charge in [-0.1, -0.05) is 18.2 Å². The fourth-order valence-corrected chi connectivity index (χ4v) is 2.36. The number of hydrogen-bond donors (Lipinski definition) is 2. The van der Waals surface area contributed by atoms with E-state index < -0.39 is 0 Å². The third-order valence-corrected chi connectivity index (χ3v) is 3.37. The molecule has 0 aliphatic heterocycles. The Morgan fingerprint density at radius 1 is 1.19 bits per heavy atom. The summed E-state index contributed by atoms with van der Waals surface area (Å²) in [6.07, 6.45) is 8.80. The van der Waals surface area contributed by atoms with Gasteiger partial charge in [-0.15, -0.1) is 0 Å². The second-order valence-electron chi connectivity index (χ2n) is 4.89. The molecule has 0 unspecified atom stereocenters. The molecule has 1 aromatic carbocycles. The van der Waals surface area contributed by atoms with Gasteiger partial charge in [-0.3, -0.25) is 4.79 Å². The van der Waals surface area contributed by atoms with E-state index in [1.807, 2.05) is 18.3 Å². The lowest BCUT2D eigenvalue weighted by Crippen LogP contribution is -2.11. The average Bonchev–Trinajstić information content (AvgIpc) is 2.92. The number of nitrogens with zero attached hydrogens (tertiary/aromatic N) is 2. The Hall–Kier alpha value is -2.69. The van der Waals surface area contributed by atoms with Crippen LogP contribution in [0.5, 0.6) is 0 Å². The normalized spacial score (nSPS) is 10.7. The number of carbonyl (C=O) groups is 1. The van der Waals surface area contributed by atoms with E-state index in [0.29, 0.717) is 12.1 Å². The van der Waals surface area contributed by atoms with Gasteiger partial charge in [0.25, 0.3) is 0 Å². The zero-order valence-electron chi connectivity index (χ0n) is 11.5. The number of aromatic nitrogens is 3. The highest BCUT2D eigenvalue weighted by molar-refractivity contribution is 5.90. The van der Waals surface area contributed by atoms with Crippen molar-refractivity contribution in [3.05, 3.63) is 54.7 Å². The summed E-state index contributed by atoms with van der Waals surface area (Å²) < 4.78 is 0. The van der Waals surface area contributed by atoms with E-state index in [1.54, 1.807) is 12.4 Å². The Morgan fingerprint density at radius 2 is 2.00 bits per heavy atom. The molecule has 2 N–H and O–H groups in total. The monoisotopic (exact) mass is 280 g/mol. The van der Waals surface area contributed by atoms with Crippen molar-refractivity contribution in [1.82, 2.24) is 15.0 Å². The first kappa shape index (κ1) is 13.3. The molecule has 5 nitrogen and oxygen atoms in total. The quantitative estimate of drug-likeness (QED) is 0.755. The van der Waals surface area contributed by atoms with E-state index in [-0.39, 0.29) is 5.91 Å². The van der Waals surface area contributed by atoms with Gasteiger partial charge in [0.05, 0.1) is 18.1 Å². The molecule has 106 valence electrons. The minimum absolute atomic E-state index is 0.00959. The Bertz CT molecular complexity index is 736. The van der Waals surface area contributed by atoms with Crippen molar-refractivity contribution in [2.75, 3.05) is 5.32 Å².